The van der Waals surface area contributed by atoms with Gasteiger partial charge in [0.15, 0.2) is 0 Å². The number of carbonyl (C=O) groups is 1. The largest absolute Gasteiger partial charge is 0.398 e. The maximum atomic E-state index is 11.0. The van der Waals surface area contributed by atoms with E-state index >= 15 is 0 Å². The van der Waals surface area contributed by atoms with Crippen molar-refractivity contribution in [3.63, 3.8) is 0 Å². The number of nitrogens with two attached hydrogens (primary N) is 1. The van der Waals surface area contributed by atoms with Gasteiger partial charge in [0.1, 0.15) is 0 Å². The van der Waals surface area contributed by atoms with Crippen molar-refractivity contribution in [3.05, 3.63) is 28.3 Å². The standard InChI is InChI=1S/C12H16N4O3/c1-8(17)14-10-2-3-15(7-10)11-4-9(13)5-12(6-11)16(18)19/h4-6,10H,2-3,7,13H2,1H3,(H,14,17). The first-order valence-corrected chi connectivity index (χ1v) is 6.02. The van der Waals surface area contributed by atoms with Crippen LogP contribution in [-0.4, -0.2) is 30.0 Å². The van der Waals surface area contributed by atoms with Crippen molar-refractivity contribution < 1.29 is 9.72 Å². The summed E-state index contributed by atoms with van der Waals surface area (Å²) < 4.78 is 0. The van der Waals surface area contributed by atoms with Gasteiger partial charge in [-0.3, -0.25) is 14.9 Å². The second kappa shape index (κ2) is 5.13. The number of nitrogens with one attached hydrogen (secondary N) is 1. The lowest BCUT2D eigenvalue weighted by Crippen LogP contribution is -2.35. The molecule has 1 unspecified atom stereocenters. The van der Waals surface area contributed by atoms with Crippen LogP contribution >= 0.6 is 0 Å². The van der Waals surface area contributed by atoms with E-state index in [1.54, 1.807) is 6.07 Å². The molecule has 0 saturated carbocycles. The van der Waals surface area contributed by atoms with Crippen molar-refractivity contribution in [3.8, 4) is 0 Å². The Bertz CT molecular complexity index is 518. The molecule has 3 N–H and O–H groups in total. The van der Waals surface area contributed by atoms with Crippen molar-refractivity contribution in [1.29, 1.82) is 0 Å². The molecule has 0 radical (unpaired) electrons. The Morgan fingerprint density at radius 1 is 1.53 bits per heavy atom. The molecule has 1 aromatic rings. The lowest BCUT2D eigenvalue weighted by molar-refractivity contribution is -0.384. The van der Waals surface area contributed by atoms with Crippen LogP contribution in [0.1, 0.15) is 13.3 Å². The summed E-state index contributed by atoms with van der Waals surface area (Å²) >= 11 is 0. The molecule has 1 heterocycles. The van der Waals surface area contributed by atoms with Gasteiger partial charge in [-0.15, -0.1) is 0 Å². The van der Waals surface area contributed by atoms with E-state index < -0.39 is 4.92 Å². The zero-order valence-electron chi connectivity index (χ0n) is 10.6. The zero-order valence-corrected chi connectivity index (χ0v) is 10.6. The molecular formula is C12H16N4O3. The quantitative estimate of drug-likeness (QED) is 0.479. The van der Waals surface area contributed by atoms with Crippen LogP contribution < -0.4 is 16.0 Å². The minimum atomic E-state index is -0.457. The number of hydrogen-bond acceptors (Lipinski definition) is 5. The molecule has 1 aliphatic heterocycles. The fourth-order valence-electron chi connectivity index (χ4n) is 2.31. The zero-order chi connectivity index (χ0) is 14.0. The molecule has 1 fully saturated rings. The Labute approximate surface area is 110 Å². The normalized spacial score (nSPS) is 18.4. The summed E-state index contributed by atoms with van der Waals surface area (Å²) in [6.45, 7) is 2.86. The maximum Gasteiger partial charge on any atom is 0.273 e. The van der Waals surface area contributed by atoms with E-state index in [2.05, 4.69) is 5.32 Å². The molecule has 19 heavy (non-hydrogen) atoms. The SMILES string of the molecule is CC(=O)NC1CCN(c2cc(N)cc([N+](=O)[O-])c2)C1. The van der Waals surface area contributed by atoms with E-state index in [0.29, 0.717) is 12.2 Å². The Morgan fingerprint density at radius 3 is 2.89 bits per heavy atom. The number of nitro benzene ring substituents is 1. The monoisotopic (exact) mass is 264 g/mol. The van der Waals surface area contributed by atoms with Crippen LogP contribution in [0.3, 0.4) is 0 Å². The van der Waals surface area contributed by atoms with Crippen LogP contribution in [0.4, 0.5) is 17.1 Å². The lowest BCUT2D eigenvalue weighted by atomic mass is 10.2. The molecule has 0 aliphatic carbocycles. The summed E-state index contributed by atoms with van der Waals surface area (Å²) in [4.78, 5) is 23.3. The van der Waals surface area contributed by atoms with E-state index in [1.165, 1.54) is 19.1 Å². The Morgan fingerprint density at radius 2 is 2.26 bits per heavy atom. The maximum absolute atomic E-state index is 11.0. The molecule has 1 aromatic carbocycles. The van der Waals surface area contributed by atoms with Crippen molar-refractivity contribution in [2.75, 3.05) is 23.7 Å². The van der Waals surface area contributed by atoms with Gasteiger partial charge in [-0.1, -0.05) is 0 Å². The molecule has 0 bridgehead atoms. The molecule has 7 heteroatoms. The first kappa shape index (κ1) is 13.1. The van der Waals surface area contributed by atoms with E-state index in [0.717, 1.165) is 18.7 Å². The highest BCUT2D eigenvalue weighted by atomic mass is 16.6. The average molecular weight is 264 g/mol. The number of nitrogens with zero attached hydrogens (tertiary/aromatic N) is 2. The van der Waals surface area contributed by atoms with Gasteiger partial charge >= 0.3 is 0 Å². The third-order valence-corrected chi connectivity index (χ3v) is 3.10. The summed E-state index contributed by atoms with van der Waals surface area (Å²) in [6, 6.07) is 4.64. The minimum absolute atomic E-state index is 0.0158. The molecule has 1 amide bonds. The smallest absolute Gasteiger partial charge is 0.273 e. The number of rotatable bonds is 3. The molecular weight excluding hydrogens is 248 g/mol. The van der Waals surface area contributed by atoms with Crippen LogP contribution in [0.15, 0.2) is 18.2 Å². The van der Waals surface area contributed by atoms with Crippen LogP contribution in [0.25, 0.3) is 0 Å². The Kier molecular flexibility index (Phi) is 3.55. The predicted octanol–water partition coefficient (Wildman–Crippen LogP) is 0.892. The highest BCUT2D eigenvalue weighted by molar-refractivity contribution is 5.73. The molecule has 1 saturated heterocycles. The summed E-state index contributed by atoms with van der Waals surface area (Å²) in [6.07, 6.45) is 0.822. The van der Waals surface area contributed by atoms with Gasteiger partial charge in [0.2, 0.25) is 5.91 Å². The highest BCUT2D eigenvalue weighted by Gasteiger charge is 2.24. The fraction of sp³-hybridized carbons (Fsp3) is 0.417. The molecule has 1 aliphatic rings. The lowest BCUT2D eigenvalue weighted by Gasteiger charge is -2.19. The van der Waals surface area contributed by atoms with E-state index in [1.807, 2.05) is 4.90 Å². The summed E-state index contributed by atoms with van der Waals surface area (Å²) in [7, 11) is 0. The fourth-order valence-corrected chi connectivity index (χ4v) is 2.31. The Hall–Kier alpha value is -2.31. The topological polar surface area (TPSA) is 102 Å². The number of hydrogen-bond donors (Lipinski definition) is 2. The number of anilines is 2. The van der Waals surface area contributed by atoms with Crippen molar-refractivity contribution >= 4 is 23.0 Å². The number of nitro groups is 1. The van der Waals surface area contributed by atoms with Crippen LogP contribution in [-0.2, 0) is 4.79 Å². The van der Waals surface area contributed by atoms with Gasteiger partial charge in [-0.05, 0) is 12.5 Å². The van der Waals surface area contributed by atoms with Gasteiger partial charge in [0.05, 0.1) is 4.92 Å². The minimum Gasteiger partial charge on any atom is -0.398 e. The second-order valence-electron chi connectivity index (χ2n) is 4.67. The van der Waals surface area contributed by atoms with Crippen molar-refractivity contribution in [2.24, 2.45) is 0 Å². The average Bonchev–Trinajstić information content (AvgIpc) is 2.75. The van der Waals surface area contributed by atoms with Gasteiger partial charge < -0.3 is 16.0 Å². The Balaban J connectivity index is 2.15. The van der Waals surface area contributed by atoms with Crippen LogP contribution in [0.5, 0.6) is 0 Å². The molecule has 102 valence electrons. The third kappa shape index (κ3) is 3.12. The van der Waals surface area contributed by atoms with E-state index in [9.17, 15) is 14.9 Å². The molecule has 0 aromatic heterocycles. The molecule has 1 atom stereocenters. The van der Waals surface area contributed by atoms with Gasteiger partial charge in [-0.25, -0.2) is 0 Å². The highest BCUT2D eigenvalue weighted by Crippen LogP contribution is 2.27. The summed E-state index contributed by atoms with van der Waals surface area (Å²) in [5, 5.41) is 13.7. The van der Waals surface area contributed by atoms with Crippen molar-refractivity contribution in [1.82, 2.24) is 5.32 Å². The number of benzene rings is 1. The number of carbonyl (C=O) groups excluding carboxylic acids is 1. The summed E-state index contributed by atoms with van der Waals surface area (Å²) in [5.74, 6) is -0.0644. The van der Waals surface area contributed by atoms with Crippen LogP contribution in [0, 0.1) is 10.1 Å². The van der Waals surface area contributed by atoms with E-state index in [-0.39, 0.29) is 17.6 Å². The molecule has 7 nitrogen and oxygen atoms in total. The first-order valence-electron chi connectivity index (χ1n) is 6.02. The second-order valence-corrected chi connectivity index (χ2v) is 4.67. The predicted molar refractivity (Wildman–Crippen MR) is 71.9 cm³/mol. The number of non-ortho nitro benzene ring substituents is 1. The van der Waals surface area contributed by atoms with Gasteiger partial charge in [0, 0.05) is 49.6 Å². The van der Waals surface area contributed by atoms with Crippen LogP contribution in [0.2, 0.25) is 0 Å². The van der Waals surface area contributed by atoms with Gasteiger partial charge in [0.25, 0.3) is 5.69 Å². The first-order chi connectivity index (χ1) is 8.95. The summed E-state index contributed by atoms with van der Waals surface area (Å²) in [5.41, 5.74) is 6.75. The number of amides is 1. The number of nitrogen functional groups attached to an aromatic ring is 1. The molecule has 0 spiro atoms. The van der Waals surface area contributed by atoms with Gasteiger partial charge in [-0.2, -0.15) is 0 Å². The van der Waals surface area contributed by atoms with E-state index in [4.69, 9.17) is 5.73 Å². The van der Waals surface area contributed by atoms with Crippen molar-refractivity contribution in [2.45, 2.75) is 19.4 Å². The third-order valence-electron chi connectivity index (χ3n) is 3.10. The molecule has 2 rings (SSSR count).